The summed E-state index contributed by atoms with van der Waals surface area (Å²) in [6.07, 6.45) is 0. The highest BCUT2D eigenvalue weighted by atomic mass is 16.5. The second-order valence-corrected chi connectivity index (χ2v) is 3.49. The molecule has 1 heterocycles. The van der Waals surface area contributed by atoms with E-state index >= 15 is 0 Å². The Morgan fingerprint density at radius 1 is 1.27 bits per heavy atom. The van der Waals surface area contributed by atoms with Crippen LogP contribution in [0.4, 0.5) is 0 Å². The maximum absolute atomic E-state index is 11.7. The zero-order valence-electron chi connectivity index (χ0n) is 8.96. The summed E-state index contributed by atoms with van der Waals surface area (Å²) in [4.78, 5) is 11.7. The van der Waals surface area contributed by atoms with Gasteiger partial charge in [0.15, 0.2) is 5.43 Å². The molecule has 0 aliphatic carbocycles. The molecule has 2 rings (SSSR count). The van der Waals surface area contributed by atoms with Crippen molar-refractivity contribution in [1.29, 1.82) is 0 Å². The molecule has 0 saturated heterocycles. The molecule has 3 nitrogen and oxygen atoms in total. The normalized spacial score (nSPS) is 10.6. The summed E-state index contributed by atoms with van der Waals surface area (Å²) >= 11 is 0. The predicted octanol–water partition coefficient (Wildman–Crippen LogP) is 2.42. The first kappa shape index (κ1) is 9.77. The molecule has 3 heteroatoms. The summed E-state index contributed by atoms with van der Waals surface area (Å²) in [5, 5.41) is 0.596. The number of ether oxygens (including phenoxy) is 1. The van der Waals surface area contributed by atoms with E-state index in [1.807, 2.05) is 6.92 Å². The molecular formula is C12H12O3. The summed E-state index contributed by atoms with van der Waals surface area (Å²) in [6, 6.07) is 5.00. The number of rotatable bonds is 1. The molecule has 0 aliphatic heterocycles. The van der Waals surface area contributed by atoms with Crippen LogP contribution < -0.4 is 10.2 Å². The van der Waals surface area contributed by atoms with Gasteiger partial charge in [-0.25, -0.2) is 0 Å². The number of aryl methyl sites for hydroxylation is 2. The Kier molecular flexibility index (Phi) is 2.23. The fourth-order valence-corrected chi connectivity index (χ4v) is 1.67. The second kappa shape index (κ2) is 3.42. The molecule has 0 saturated carbocycles. The lowest BCUT2D eigenvalue weighted by Gasteiger charge is -2.07. The number of benzene rings is 1. The van der Waals surface area contributed by atoms with E-state index < -0.39 is 0 Å². The highest BCUT2D eigenvalue weighted by molar-refractivity contribution is 5.81. The van der Waals surface area contributed by atoms with Gasteiger partial charge in [-0.05, 0) is 26.0 Å². The van der Waals surface area contributed by atoms with Crippen molar-refractivity contribution in [1.82, 2.24) is 0 Å². The molecule has 0 N–H and O–H groups in total. The molecule has 0 atom stereocenters. The van der Waals surface area contributed by atoms with Crippen LogP contribution >= 0.6 is 0 Å². The lowest BCUT2D eigenvalue weighted by atomic mass is 10.1. The Balaban J connectivity index is 2.93. The van der Waals surface area contributed by atoms with Crippen LogP contribution in [-0.4, -0.2) is 7.11 Å². The number of hydrogen-bond acceptors (Lipinski definition) is 3. The minimum Gasteiger partial charge on any atom is -0.496 e. The van der Waals surface area contributed by atoms with E-state index in [2.05, 4.69) is 0 Å². The molecule has 78 valence electrons. The van der Waals surface area contributed by atoms with E-state index in [-0.39, 0.29) is 5.43 Å². The molecule has 0 radical (unpaired) electrons. The summed E-state index contributed by atoms with van der Waals surface area (Å²) < 4.78 is 10.7. The van der Waals surface area contributed by atoms with E-state index in [0.29, 0.717) is 16.7 Å². The van der Waals surface area contributed by atoms with Gasteiger partial charge in [0, 0.05) is 11.6 Å². The largest absolute Gasteiger partial charge is 0.496 e. The van der Waals surface area contributed by atoms with E-state index in [9.17, 15) is 4.79 Å². The highest BCUT2D eigenvalue weighted by Crippen LogP contribution is 2.25. The van der Waals surface area contributed by atoms with Crippen molar-refractivity contribution in [2.24, 2.45) is 0 Å². The lowest BCUT2D eigenvalue weighted by Crippen LogP contribution is -2.01. The van der Waals surface area contributed by atoms with Crippen molar-refractivity contribution < 1.29 is 9.15 Å². The molecule has 0 spiro atoms. The lowest BCUT2D eigenvalue weighted by molar-refractivity contribution is 0.411. The number of hydrogen-bond donors (Lipinski definition) is 0. The van der Waals surface area contributed by atoms with E-state index in [0.717, 1.165) is 11.3 Å². The van der Waals surface area contributed by atoms with Crippen molar-refractivity contribution in [2.45, 2.75) is 13.8 Å². The maximum atomic E-state index is 11.7. The molecule has 2 aromatic rings. The molecule has 0 bridgehead atoms. The highest BCUT2D eigenvalue weighted by Gasteiger charge is 2.08. The minimum absolute atomic E-state index is 0.0143. The van der Waals surface area contributed by atoms with E-state index in [1.54, 1.807) is 26.2 Å². The van der Waals surface area contributed by atoms with Crippen molar-refractivity contribution in [3.63, 3.8) is 0 Å². The van der Waals surface area contributed by atoms with Crippen molar-refractivity contribution >= 4 is 11.0 Å². The molecule has 1 aromatic heterocycles. The van der Waals surface area contributed by atoms with Gasteiger partial charge < -0.3 is 9.15 Å². The number of methoxy groups -OCH3 is 1. The SMILES string of the molecule is COc1ccc2c(=O)cc(C)oc2c1C. The van der Waals surface area contributed by atoms with Crippen LogP contribution in [0.2, 0.25) is 0 Å². The Morgan fingerprint density at radius 2 is 2.00 bits per heavy atom. The third-order valence-electron chi connectivity index (χ3n) is 2.44. The smallest absolute Gasteiger partial charge is 0.192 e. The average molecular weight is 204 g/mol. The van der Waals surface area contributed by atoms with Crippen LogP contribution in [0.5, 0.6) is 5.75 Å². The standard InChI is InChI=1S/C12H12O3/c1-7-6-10(13)9-4-5-11(14-3)8(2)12(9)15-7/h4-6H,1-3H3. The van der Waals surface area contributed by atoms with Crippen molar-refractivity contribution in [3.8, 4) is 5.75 Å². The minimum atomic E-state index is -0.0143. The first-order valence-electron chi connectivity index (χ1n) is 4.71. The van der Waals surface area contributed by atoms with Crippen molar-refractivity contribution in [2.75, 3.05) is 7.11 Å². The van der Waals surface area contributed by atoms with Crippen LogP contribution in [0.15, 0.2) is 27.4 Å². The summed E-state index contributed by atoms with van der Waals surface area (Å²) in [5.41, 5.74) is 1.45. The molecule has 1 aromatic carbocycles. The fourth-order valence-electron chi connectivity index (χ4n) is 1.67. The van der Waals surface area contributed by atoms with Gasteiger partial charge in [-0.15, -0.1) is 0 Å². The van der Waals surface area contributed by atoms with Gasteiger partial charge in [0.05, 0.1) is 12.5 Å². The average Bonchev–Trinajstić information content (AvgIpc) is 2.19. The Hall–Kier alpha value is -1.77. The van der Waals surface area contributed by atoms with Gasteiger partial charge in [-0.2, -0.15) is 0 Å². The molecule has 0 fully saturated rings. The zero-order valence-corrected chi connectivity index (χ0v) is 8.96. The van der Waals surface area contributed by atoms with Gasteiger partial charge in [-0.1, -0.05) is 0 Å². The van der Waals surface area contributed by atoms with Gasteiger partial charge in [-0.3, -0.25) is 4.79 Å². The Labute approximate surface area is 87.3 Å². The van der Waals surface area contributed by atoms with Crippen LogP contribution in [0.3, 0.4) is 0 Å². The Morgan fingerprint density at radius 3 is 2.67 bits per heavy atom. The molecule has 0 amide bonds. The first-order valence-corrected chi connectivity index (χ1v) is 4.71. The van der Waals surface area contributed by atoms with Gasteiger partial charge in [0.25, 0.3) is 0 Å². The Bertz CT molecular complexity index is 567. The summed E-state index contributed by atoms with van der Waals surface area (Å²) in [6.45, 7) is 3.64. The van der Waals surface area contributed by atoms with Gasteiger partial charge >= 0.3 is 0 Å². The molecule has 0 unspecified atom stereocenters. The van der Waals surface area contributed by atoms with Crippen LogP contribution in [0, 0.1) is 13.8 Å². The van der Waals surface area contributed by atoms with Gasteiger partial charge in [0.2, 0.25) is 0 Å². The zero-order chi connectivity index (χ0) is 11.0. The maximum Gasteiger partial charge on any atom is 0.192 e. The first-order chi connectivity index (χ1) is 7.13. The van der Waals surface area contributed by atoms with E-state index in [4.69, 9.17) is 9.15 Å². The van der Waals surface area contributed by atoms with Crippen LogP contribution in [0.1, 0.15) is 11.3 Å². The predicted molar refractivity (Wildman–Crippen MR) is 58.5 cm³/mol. The fraction of sp³-hybridized carbons (Fsp3) is 0.250. The van der Waals surface area contributed by atoms with Crippen LogP contribution in [0.25, 0.3) is 11.0 Å². The third kappa shape index (κ3) is 1.50. The number of fused-ring (bicyclic) bond motifs is 1. The molecule has 0 aliphatic rings. The molecular weight excluding hydrogens is 192 g/mol. The summed E-state index contributed by atoms with van der Waals surface area (Å²) in [7, 11) is 1.60. The summed E-state index contributed by atoms with van der Waals surface area (Å²) in [5.74, 6) is 1.35. The quantitative estimate of drug-likeness (QED) is 0.716. The topological polar surface area (TPSA) is 39.4 Å². The van der Waals surface area contributed by atoms with Gasteiger partial charge in [0.1, 0.15) is 17.1 Å². The van der Waals surface area contributed by atoms with E-state index in [1.165, 1.54) is 6.07 Å². The monoisotopic (exact) mass is 204 g/mol. The third-order valence-corrected chi connectivity index (χ3v) is 2.44. The van der Waals surface area contributed by atoms with Crippen LogP contribution in [-0.2, 0) is 0 Å². The van der Waals surface area contributed by atoms with Crippen molar-refractivity contribution in [3.05, 3.63) is 39.7 Å². The second-order valence-electron chi connectivity index (χ2n) is 3.49. The molecule has 15 heavy (non-hydrogen) atoms.